The molecule has 0 bridgehead atoms. The van der Waals surface area contributed by atoms with Crippen LogP contribution >= 0.6 is 11.6 Å². The Morgan fingerprint density at radius 1 is 1.14 bits per heavy atom. The van der Waals surface area contributed by atoms with Crippen LogP contribution in [0.25, 0.3) is 0 Å². The van der Waals surface area contributed by atoms with Crippen LogP contribution in [0.3, 0.4) is 0 Å². The number of anilines is 1. The van der Waals surface area contributed by atoms with Gasteiger partial charge in [0.25, 0.3) is 0 Å². The van der Waals surface area contributed by atoms with Crippen molar-refractivity contribution in [3.63, 3.8) is 0 Å². The first kappa shape index (κ1) is 30.4. The van der Waals surface area contributed by atoms with Crippen LogP contribution in [0.15, 0.2) is 42.5 Å². The summed E-state index contributed by atoms with van der Waals surface area (Å²) in [5.74, 6) is 0.236. The fourth-order valence-electron chi connectivity index (χ4n) is 4.10. The molecule has 0 aliphatic carbocycles. The van der Waals surface area contributed by atoms with Crippen molar-refractivity contribution in [2.24, 2.45) is 0 Å². The van der Waals surface area contributed by atoms with Crippen LogP contribution in [0.5, 0.6) is 5.75 Å². The van der Waals surface area contributed by atoms with Gasteiger partial charge < -0.3 is 15.0 Å². The number of carbonyl (C=O) groups is 2. The van der Waals surface area contributed by atoms with Gasteiger partial charge in [-0.1, -0.05) is 43.6 Å². The zero-order chi connectivity index (χ0) is 27.6. The third-order valence-electron chi connectivity index (χ3n) is 6.08. The van der Waals surface area contributed by atoms with Crippen LogP contribution in [-0.2, 0) is 26.2 Å². The Kier molecular flexibility index (Phi) is 11.7. The number of sulfonamides is 1. The lowest BCUT2D eigenvalue weighted by molar-refractivity contribution is -0.141. The van der Waals surface area contributed by atoms with E-state index in [2.05, 4.69) is 5.32 Å². The number of rotatable bonds is 14. The Morgan fingerprint density at radius 3 is 2.46 bits per heavy atom. The fraction of sp³-hybridized carbons (Fsp3) is 0.481. The molecule has 1 atom stereocenters. The summed E-state index contributed by atoms with van der Waals surface area (Å²) in [6, 6.07) is 11.8. The van der Waals surface area contributed by atoms with Crippen molar-refractivity contribution in [2.45, 2.75) is 59.0 Å². The molecule has 2 amide bonds. The molecule has 2 rings (SSSR count). The lowest BCUT2D eigenvalue weighted by atomic mass is 10.1. The second-order valence-electron chi connectivity index (χ2n) is 8.91. The van der Waals surface area contributed by atoms with Crippen LogP contribution in [-0.4, -0.2) is 57.6 Å². The number of hydrogen-bond donors (Lipinski definition) is 1. The SMILES string of the molecule is CCCNC(=O)[C@@H](CC)N(Cc1cccc(OC)c1)C(=O)CCCN(c1cccc(Cl)c1C)S(C)(=O)=O. The minimum Gasteiger partial charge on any atom is -0.497 e. The first-order chi connectivity index (χ1) is 17.5. The molecule has 2 aromatic carbocycles. The summed E-state index contributed by atoms with van der Waals surface area (Å²) in [6.07, 6.45) is 2.72. The number of methoxy groups -OCH3 is 1. The molecular formula is C27H38ClN3O5S. The van der Waals surface area contributed by atoms with E-state index < -0.39 is 16.1 Å². The highest BCUT2D eigenvalue weighted by Crippen LogP contribution is 2.28. The summed E-state index contributed by atoms with van der Waals surface area (Å²) in [7, 11) is -2.03. The zero-order valence-corrected chi connectivity index (χ0v) is 23.9. The molecule has 10 heteroatoms. The standard InChI is InChI=1S/C27H38ClN3O5S/c1-6-16-29-27(33)24(7-2)30(19-21-11-8-12-22(18-21)36-4)26(32)15-10-17-31(37(5,34)35)25-14-9-13-23(28)20(25)3/h8-9,11-14,18,24H,6-7,10,15-17,19H2,1-5H3,(H,29,33)/t24-/m1/s1. The van der Waals surface area contributed by atoms with E-state index in [9.17, 15) is 18.0 Å². The molecule has 0 fully saturated rings. The average molecular weight is 552 g/mol. The minimum atomic E-state index is -3.60. The maximum absolute atomic E-state index is 13.5. The second-order valence-corrected chi connectivity index (χ2v) is 11.2. The third-order valence-corrected chi connectivity index (χ3v) is 7.67. The normalized spacial score (nSPS) is 12.1. The maximum atomic E-state index is 13.5. The van der Waals surface area contributed by atoms with Crippen molar-refractivity contribution < 1.29 is 22.7 Å². The Hall–Kier alpha value is -2.78. The van der Waals surface area contributed by atoms with Crippen LogP contribution in [0.1, 0.15) is 50.7 Å². The quantitative estimate of drug-likeness (QED) is 0.372. The molecule has 0 unspecified atom stereocenters. The molecule has 0 saturated heterocycles. The van der Waals surface area contributed by atoms with Crippen molar-refractivity contribution >= 4 is 39.1 Å². The third kappa shape index (κ3) is 8.64. The minimum absolute atomic E-state index is 0.0765. The highest BCUT2D eigenvalue weighted by molar-refractivity contribution is 7.92. The number of carbonyl (C=O) groups excluding carboxylic acids is 2. The highest BCUT2D eigenvalue weighted by atomic mass is 35.5. The molecule has 0 aromatic heterocycles. The van der Waals surface area contributed by atoms with E-state index in [1.807, 2.05) is 38.1 Å². The molecule has 1 N–H and O–H groups in total. The van der Waals surface area contributed by atoms with E-state index in [0.717, 1.165) is 18.2 Å². The fourth-order valence-corrected chi connectivity index (χ4v) is 5.29. The summed E-state index contributed by atoms with van der Waals surface area (Å²) < 4.78 is 31.7. The van der Waals surface area contributed by atoms with Gasteiger partial charge in [-0.25, -0.2) is 8.42 Å². The van der Waals surface area contributed by atoms with Gasteiger partial charge in [-0.05, 0) is 61.6 Å². The van der Waals surface area contributed by atoms with E-state index in [1.165, 1.54) is 4.31 Å². The first-order valence-electron chi connectivity index (χ1n) is 12.5. The zero-order valence-electron chi connectivity index (χ0n) is 22.3. The Balaban J connectivity index is 2.26. The lowest BCUT2D eigenvalue weighted by Gasteiger charge is -2.31. The van der Waals surface area contributed by atoms with Gasteiger partial charge in [0.1, 0.15) is 11.8 Å². The van der Waals surface area contributed by atoms with Gasteiger partial charge in [-0.15, -0.1) is 0 Å². The number of nitrogens with one attached hydrogen (secondary N) is 1. The molecule has 0 aliphatic rings. The van der Waals surface area contributed by atoms with Crippen LogP contribution in [0, 0.1) is 6.92 Å². The molecule has 37 heavy (non-hydrogen) atoms. The molecular weight excluding hydrogens is 514 g/mol. The van der Waals surface area contributed by atoms with Crippen molar-refractivity contribution in [1.82, 2.24) is 10.2 Å². The molecule has 0 spiro atoms. The van der Waals surface area contributed by atoms with E-state index in [0.29, 0.717) is 35.0 Å². The first-order valence-corrected chi connectivity index (χ1v) is 14.7. The number of halogens is 1. The van der Waals surface area contributed by atoms with Crippen LogP contribution in [0.4, 0.5) is 5.69 Å². The molecule has 204 valence electrons. The molecule has 0 heterocycles. The number of hydrogen-bond acceptors (Lipinski definition) is 5. The number of amides is 2. The van der Waals surface area contributed by atoms with Crippen LogP contribution < -0.4 is 14.4 Å². The van der Waals surface area contributed by atoms with Crippen molar-refractivity contribution in [3.05, 3.63) is 58.6 Å². The van der Waals surface area contributed by atoms with Gasteiger partial charge in [-0.3, -0.25) is 13.9 Å². The molecule has 2 aromatic rings. The van der Waals surface area contributed by atoms with Gasteiger partial charge >= 0.3 is 0 Å². The number of nitrogens with zero attached hydrogens (tertiary/aromatic N) is 2. The second kappa shape index (κ2) is 14.2. The van der Waals surface area contributed by atoms with Crippen molar-refractivity contribution in [2.75, 3.05) is 30.8 Å². The summed E-state index contributed by atoms with van der Waals surface area (Å²) in [4.78, 5) is 28.0. The van der Waals surface area contributed by atoms with Crippen LogP contribution in [0.2, 0.25) is 5.02 Å². The average Bonchev–Trinajstić information content (AvgIpc) is 2.86. The monoisotopic (exact) mass is 551 g/mol. The number of benzene rings is 2. The van der Waals surface area contributed by atoms with Crippen molar-refractivity contribution in [1.29, 1.82) is 0 Å². The Bertz CT molecular complexity index is 1170. The predicted molar refractivity (Wildman–Crippen MR) is 149 cm³/mol. The van der Waals surface area contributed by atoms with Gasteiger partial charge in [-0.2, -0.15) is 0 Å². The maximum Gasteiger partial charge on any atom is 0.242 e. The highest BCUT2D eigenvalue weighted by Gasteiger charge is 2.29. The Morgan fingerprint density at radius 2 is 1.84 bits per heavy atom. The van der Waals surface area contributed by atoms with E-state index in [-0.39, 0.29) is 37.7 Å². The predicted octanol–water partition coefficient (Wildman–Crippen LogP) is 4.54. The van der Waals surface area contributed by atoms with E-state index >= 15 is 0 Å². The Labute approximate surface area is 226 Å². The summed E-state index contributed by atoms with van der Waals surface area (Å²) in [5.41, 5.74) is 1.97. The lowest BCUT2D eigenvalue weighted by Crippen LogP contribution is -2.49. The number of ether oxygens (including phenoxy) is 1. The largest absolute Gasteiger partial charge is 0.497 e. The van der Waals surface area contributed by atoms with E-state index in [1.54, 1.807) is 37.1 Å². The summed E-state index contributed by atoms with van der Waals surface area (Å²) in [6.45, 7) is 6.47. The van der Waals surface area contributed by atoms with Gasteiger partial charge in [0, 0.05) is 31.1 Å². The summed E-state index contributed by atoms with van der Waals surface area (Å²) in [5, 5.41) is 3.36. The van der Waals surface area contributed by atoms with Crippen molar-refractivity contribution in [3.8, 4) is 5.75 Å². The van der Waals surface area contributed by atoms with Gasteiger partial charge in [0.2, 0.25) is 21.8 Å². The summed E-state index contributed by atoms with van der Waals surface area (Å²) >= 11 is 6.22. The molecule has 0 aliphatic heterocycles. The smallest absolute Gasteiger partial charge is 0.242 e. The molecule has 0 saturated carbocycles. The van der Waals surface area contributed by atoms with Gasteiger partial charge in [0.05, 0.1) is 19.1 Å². The molecule has 0 radical (unpaired) electrons. The molecule has 8 nitrogen and oxygen atoms in total. The van der Waals surface area contributed by atoms with E-state index in [4.69, 9.17) is 16.3 Å². The van der Waals surface area contributed by atoms with Gasteiger partial charge in [0.15, 0.2) is 0 Å². The topological polar surface area (TPSA) is 96.0 Å².